The van der Waals surface area contributed by atoms with Gasteiger partial charge in [0, 0.05) is 17.0 Å². The molecule has 0 bridgehead atoms. The quantitative estimate of drug-likeness (QED) is 0.799. The Morgan fingerprint density at radius 1 is 1.21 bits per heavy atom. The lowest BCUT2D eigenvalue weighted by Gasteiger charge is -2.09. The Balaban J connectivity index is 2.42. The Bertz CT molecular complexity index is 675. The van der Waals surface area contributed by atoms with Crippen LogP contribution in [0, 0.1) is 29.9 Å². The van der Waals surface area contributed by atoms with Crippen LogP contribution in [-0.2, 0) is 6.42 Å². The molecule has 0 aliphatic rings. The van der Waals surface area contributed by atoms with E-state index in [0.717, 1.165) is 0 Å². The molecule has 2 aromatic carbocycles. The summed E-state index contributed by atoms with van der Waals surface area (Å²) in [7, 11) is 0. The number of aryl methyl sites for hydroxylation is 1. The topological polar surface area (TPSA) is 23.8 Å². The molecule has 96 valence electrons. The summed E-state index contributed by atoms with van der Waals surface area (Å²) in [6.45, 7) is 1.58. The SMILES string of the molecule is Cc1ccc(F)c(Cc2ccc(C#N)cc2Cl)c1F. The van der Waals surface area contributed by atoms with Crippen LogP contribution in [0.3, 0.4) is 0 Å². The maximum atomic E-state index is 13.9. The summed E-state index contributed by atoms with van der Waals surface area (Å²) >= 11 is 6.01. The number of nitrogens with zero attached hydrogens (tertiary/aromatic N) is 1. The van der Waals surface area contributed by atoms with E-state index in [1.807, 2.05) is 6.07 Å². The van der Waals surface area contributed by atoms with Crippen molar-refractivity contribution in [2.24, 2.45) is 0 Å². The number of hydrogen-bond acceptors (Lipinski definition) is 1. The molecule has 0 spiro atoms. The molecule has 0 N–H and O–H groups in total. The third-order valence-electron chi connectivity index (χ3n) is 2.93. The third-order valence-corrected chi connectivity index (χ3v) is 3.28. The van der Waals surface area contributed by atoms with E-state index in [1.165, 1.54) is 18.2 Å². The van der Waals surface area contributed by atoms with E-state index in [2.05, 4.69) is 0 Å². The molecule has 0 atom stereocenters. The highest BCUT2D eigenvalue weighted by Gasteiger charge is 2.13. The molecule has 0 aliphatic carbocycles. The molecule has 0 heterocycles. The lowest BCUT2D eigenvalue weighted by atomic mass is 10.0. The van der Waals surface area contributed by atoms with Crippen LogP contribution in [0.1, 0.15) is 22.3 Å². The molecule has 0 amide bonds. The number of hydrogen-bond donors (Lipinski definition) is 0. The highest BCUT2D eigenvalue weighted by molar-refractivity contribution is 6.31. The number of rotatable bonds is 2. The largest absolute Gasteiger partial charge is 0.207 e. The Morgan fingerprint density at radius 3 is 2.58 bits per heavy atom. The van der Waals surface area contributed by atoms with Crippen molar-refractivity contribution in [1.29, 1.82) is 5.26 Å². The Kier molecular flexibility index (Phi) is 3.82. The van der Waals surface area contributed by atoms with Gasteiger partial charge in [0.05, 0.1) is 11.6 Å². The molecule has 19 heavy (non-hydrogen) atoms. The van der Waals surface area contributed by atoms with Gasteiger partial charge in [0.1, 0.15) is 11.6 Å². The van der Waals surface area contributed by atoms with E-state index in [0.29, 0.717) is 21.7 Å². The van der Waals surface area contributed by atoms with Crippen LogP contribution < -0.4 is 0 Å². The summed E-state index contributed by atoms with van der Waals surface area (Å²) < 4.78 is 27.5. The first-order chi connectivity index (χ1) is 9.02. The van der Waals surface area contributed by atoms with Crippen LogP contribution >= 0.6 is 11.6 Å². The first kappa shape index (κ1) is 13.5. The minimum Gasteiger partial charge on any atom is -0.207 e. The molecule has 0 radical (unpaired) electrons. The minimum atomic E-state index is -0.594. The first-order valence-electron chi connectivity index (χ1n) is 5.65. The average molecular weight is 278 g/mol. The average Bonchev–Trinajstić information content (AvgIpc) is 2.40. The first-order valence-corrected chi connectivity index (χ1v) is 6.02. The monoisotopic (exact) mass is 277 g/mol. The summed E-state index contributed by atoms with van der Waals surface area (Å²) in [6, 6.07) is 9.27. The number of halogens is 3. The van der Waals surface area contributed by atoms with Crippen molar-refractivity contribution in [2.75, 3.05) is 0 Å². The predicted molar refractivity (Wildman–Crippen MR) is 70.1 cm³/mol. The number of nitriles is 1. The Hall–Kier alpha value is -1.92. The van der Waals surface area contributed by atoms with Gasteiger partial charge < -0.3 is 0 Å². The zero-order valence-electron chi connectivity index (χ0n) is 10.2. The highest BCUT2D eigenvalue weighted by atomic mass is 35.5. The predicted octanol–water partition coefficient (Wildman–Crippen LogP) is 4.39. The summed E-state index contributed by atoms with van der Waals surface area (Å²) in [5.41, 5.74) is 1.38. The highest BCUT2D eigenvalue weighted by Crippen LogP contribution is 2.24. The summed E-state index contributed by atoms with van der Waals surface area (Å²) in [5, 5.41) is 9.07. The summed E-state index contributed by atoms with van der Waals surface area (Å²) in [4.78, 5) is 0. The molecule has 0 unspecified atom stereocenters. The van der Waals surface area contributed by atoms with Crippen LogP contribution in [0.2, 0.25) is 5.02 Å². The second kappa shape index (κ2) is 5.38. The van der Waals surface area contributed by atoms with Gasteiger partial charge in [-0.15, -0.1) is 0 Å². The summed E-state index contributed by atoms with van der Waals surface area (Å²) in [6.07, 6.45) is 0.0594. The Labute approximate surface area is 115 Å². The van der Waals surface area contributed by atoms with Crippen molar-refractivity contribution in [2.45, 2.75) is 13.3 Å². The second-order valence-electron chi connectivity index (χ2n) is 4.25. The summed E-state index contributed by atoms with van der Waals surface area (Å²) in [5.74, 6) is -1.15. The molecule has 1 nitrogen and oxygen atoms in total. The smallest absolute Gasteiger partial charge is 0.132 e. The third kappa shape index (κ3) is 2.74. The van der Waals surface area contributed by atoms with Gasteiger partial charge in [0.2, 0.25) is 0 Å². The van der Waals surface area contributed by atoms with E-state index in [1.54, 1.807) is 19.1 Å². The molecular formula is C15H10ClF2N. The van der Waals surface area contributed by atoms with Gasteiger partial charge in [-0.1, -0.05) is 23.7 Å². The van der Waals surface area contributed by atoms with Crippen molar-refractivity contribution < 1.29 is 8.78 Å². The molecule has 0 aliphatic heterocycles. The lowest BCUT2D eigenvalue weighted by molar-refractivity contribution is 0.556. The van der Waals surface area contributed by atoms with E-state index >= 15 is 0 Å². The molecule has 4 heteroatoms. The van der Waals surface area contributed by atoms with Crippen molar-refractivity contribution in [3.05, 3.63) is 69.2 Å². The van der Waals surface area contributed by atoms with E-state index in [-0.39, 0.29) is 12.0 Å². The van der Waals surface area contributed by atoms with Crippen LogP contribution in [0.25, 0.3) is 0 Å². The molecule has 0 saturated carbocycles. The zero-order chi connectivity index (χ0) is 14.0. The van der Waals surface area contributed by atoms with Crippen molar-refractivity contribution in [3.8, 4) is 6.07 Å². The molecule has 2 aromatic rings. The van der Waals surface area contributed by atoms with E-state index in [9.17, 15) is 8.78 Å². The van der Waals surface area contributed by atoms with Gasteiger partial charge in [-0.25, -0.2) is 8.78 Å². The van der Waals surface area contributed by atoms with Gasteiger partial charge in [-0.05, 0) is 36.2 Å². The fraction of sp³-hybridized carbons (Fsp3) is 0.133. The van der Waals surface area contributed by atoms with Gasteiger partial charge in [-0.2, -0.15) is 5.26 Å². The van der Waals surface area contributed by atoms with Crippen molar-refractivity contribution in [1.82, 2.24) is 0 Å². The maximum Gasteiger partial charge on any atom is 0.132 e. The molecule has 2 rings (SSSR count). The molecular weight excluding hydrogens is 268 g/mol. The molecule has 0 fully saturated rings. The maximum absolute atomic E-state index is 13.9. The van der Waals surface area contributed by atoms with Crippen LogP contribution in [-0.4, -0.2) is 0 Å². The zero-order valence-corrected chi connectivity index (χ0v) is 10.9. The fourth-order valence-corrected chi connectivity index (χ4v) is 2.07. The standard InChI is InChI=1S/C15H10ClF2N/c1-9-2-5-14(17)12(15(9)18)7-11-4-3-10(8-19)6-13(11)16/h2-6H,7H2,1H3. The van der Waals surface area contributed by atoms with Crippen molar-refractivity contribution in [3.63, 3.8) is 0 Å². The van der Waals surface area contributed by atoms with Gasteiger partial charge in [0.25, 0.3) is 0 Å². The fourth-order valence-electron chi connectivity index (χ4n) is 1.83. The van der Waals surface area contributed by atoms with Crippen LogP contribution in [0.5, 0.6) is 0 Å². The van der Waals surface area contributed by atoms with Gasteiger partial charge in [-0.3, -0.25) is 0 Å². The Morgan fingerprint density at radius 2 is 1.95 bits per heavy atom. The van der Waals surface area contributed by atoms with E-state index in [4.69, 9.17) is 16.9 Å². The minimum absolute atomic E-state index is 0.00777. The lowest BCUT2D eigenvalue weighted by Crippen LogP contribution is -2.00. The van der Waals surface area contributed by atoms with Crippen molar-refractivity contribution >= 4 is 11.6 Å². The van der Waals surface area contributed by atoms with Gasteiger partial charge >= 0.3 is 0 Å². The van der Waals surface area contributed by atoms with E-state index < -0.39 is 11.6 Å². The molecule has 0 saturated heterocycles. The van der Waals surface area contributed by atoms with Gasteiger partial charge in [0.15, 0.2) is 0 Å². The number of benzene rings is 2. The second-order valence-corrected chi connectivity index (χ2v) is 4.66. The van der Waals surface area contributed by atoms with Crippen LogP contribution in [0.15, 0.2) is 30.3 Å². The molecule has 0 aromatic heterocycles. The van der Waals surface area contributed by atoms with Crippen LogP contribution in [0.4, 0.5) is 8.78 Å². The normalized spacial score (nSPS) is 10.3.